The summed E-state index contributed by atoms with van der Waals surface area (Å²) >= 11 is 1.60. The van der Waals surface area contributed by atoms with Gasteiger partial charge in [-0.05, 0) is 84.8 Å². The molecule has 288 valence electrons. The number of pyridine rings is 1. The minimum Gasteiger partial charge on any atom is -0.507 e. The van der Waals surface area contributed by atoms with Crippen molar-refractivity contribution in [2.24, 2.45) is 0 Å². The summed E-state index contributed by atoms with van der Waals surface area (Å²) in [5, 5.41) is 19.4. The van der Waals surface area contributed by atoms with Crippen molar-refractivity contribution in [1.29, 1.82) is 0 Å². The van der Waals surface area contributed by atoms with Crippen LogP contribution in [0.5, 0.6) is 5.75 Å². The number of benzene rings is 7. The first-order valence-electron chi connectivity index (χ1n) is 19.4. The Labute approximate surface area is 356 Å². The van der Waals surface area contributed by atoms with Crippen molar-refractivity contribution in [3.63, 3.8) is 0 Å². The second kappa shape index (κ2) is 14.0. The van der Waals surface area contributed by atoms with Crippen molar-refractivity contribution >= 4 is 65.0 Å². The van der Waals surface area contributed by atoms with Crippen LogP contribution in [0, 0.1) is 6.07 Å². The molecule has 0 saturated carbocycles. The van der Waals surface area contributed by atoms with E-state index in [1.165, 1.54) is 16.2 Å². The average molecular weight is 953 g/mol. The quantitative estimate of drug-likeness (QED) is 0.141. The zero-order valence-corrected chi connectivity index (χ0v) is 36.3. The fraction of sp³-hybridized carbons (Fsp3) is 0.154. The molecule has 0 aliphatic rings. The van der Waals surface area contributed by atoms with E-state index in [0.717, 1.165) is 92.8 Å². The van der Waals surface area contributed by atoms with Crippen molar-refractivity contribution in [2.75, 3.05) is 0 Å². The molecule has 4 nitrogen and oxygen atoms in total. The maximum atomic E-state index is 11.9. The van der Waals surface area contributed by atoms with Gasteiger partial charge in [-0.15, -0.1) is 23.5 Å². The zero-order chi connectivity index (χ0) is 39.2. The topological polar surface area (TPSA) is 59.2 Å². The van der Waals surface area contributed by atoms with E-state index in [9.17, 15) is 5.11 Å². The predicted octanol–water partition coefficient (Wildman–Crippen LogP) is 14.7. The summed E-state index contributed by atoms with van der Waals surface area (Å²) in [6.45, 7) is 13.1. The van der Waals surface area contributed by atoms with Crippen LogP contribution in [0.25, 0.3) is 97.8 Å². The summed E-state index contributed by atoms with van der Waals surface area (Å²) in [4.78, 5) is 10.2. The number of thiazole rings is 1. The maximum absolute atomic E-state index is 11.9. The number of rotatable bonds is 4. The third-order valence-corrected chi connectivity index (χ3v) is 12.3. The first-order chi connectivity index (χ1) is 27.4. The Balaban J connectivity index is 0.00000436. The normalized spacial score (nSPS) is 12.2. The molecule has 0 aliphatic heterocycles. The molecule has 3 aromatic heterocycles. The molecule has 0 bridgehead atoms. The molecule has 0 fully saturated rings. The van der Waals surface area contributed by atoms with Gasteiger partial charge in [-0.3, -0.25) is 4.98 Å². The van der Waals surface area contributed by atoms with Gasteiger partial charge in [0.05, 0.1) is 16.7 Å². The molecular formula is C52H41N2O2PtS-. The van der Waals surface area contributed by atoms with Crippen LogP contribution in [0.3, 0.4) is 0 Å². The molecule has 10 aromatic rings. The van der Waals surface area contributed by atoms with Crippen LogP contribution in [-0.4, -0.2) is 15.1 Å². The van der Waals surface area contributed by atoms with Crippen molar-refractivity contribution in [2.45, 2.75) is 52.4 Å². The Kier molecular flexibility index (Phi) is 9.19. The molecule has 10 rings (SSSR count). The Hall–Kier alpha value is -5.61. The number of para-hydroxylation sites is 1. The van der Waals surface area contributed by atoms with E-state index in [4.69, 9.17) is 14.4 Å². The Morgan fingerprint density at radius 1 is 0.638 bits per heavy atom. The molecular weight excluding hydrogens is 912 g/mol. The smallest absolute Gasteiger partial charge is 0.129 e. The summed E-state index contributed by atoms with van der Waals surface area (Å²) in [6, 6.07) is 48.5. The number of phenolic OH excluding ortho intramolecular Hbond substituents is 1. The number of nitrogens with zero attached hydrogens (tertiary/aromatic N) is 2. The molecule has 1 N–H and O–H groups in total. The van der Waals surface area contributed by atoms with E-state index in [1.54, 1.807) is 11.3 Å². The van der Waals surface area contributed by atoms with E-state index in [1.807, 2.05) is 12.3 Å². The molecule has 7 aromatic carbocycles. The van der Waals surface area contributed by atoms with Crippen LogP contribution < -0.4 is 0 Å². The second-order valence-corrected chi connectivity index (χ2v) is 18.2. The fourth-order valence-corrected chi connectivity index (χ4v) is 9.11. The van der Waals surface area contributed by atoms with E-state index in [0.29, 0.717) is 0 Å². The summed E-state index contributed by atoms with van der Waals surface area (Å²) in [5.74, 6) is 0.285. The van der Waals surface area contributed by atoms with Gasteiger partial charge < -0.3 is 9.52 Å². The Bertz CT molecular complexity index is 3220. The second-order valence-electron chi connectivity index (χ2n) is 17.1. The van der Waals surface area contributed by atoms with Gasteiger partial charge in [-0.1, -0.05) is 149 Å². The third kappa shape index (κ3) is 6.42. The Morgan fingerprint density at radius 2 is 1.41 bits per heavy atom. The minimum atomic E-state index is -0.257. The van der Waals surface area contributed by atoms with Crippen LogP contribution in [0.2, 0.25) is 0 Å². The van der Waals surface area contributed by atoms with Gasteiger partial charge in [0.25, 0.3) is 0 Å². The molecule has 6 heteroatoms. The number of fused-ring (bicyclic) bond motifs is 7. The molecule has 0 radical (unpaired) electrons. The van der Waals surface area contributed by atoms with Crippen LogP contribution in [0.1, 0.15) is 52.7 Å². The van der Waals surface area contributed by atoms with Gasteiger partial charge in [0.15, 0.2) is 0 Å². The van der Waals surface area contributed by atoms with E-state index in [-0.39, 0.29) is 37.6 Å². The van der Waals surface area contributed by atoms with Crippen LogP contribution in [0.15, 0.2) is 138 Å². The summed E-state index contributed by atoms with van der Waals surface area (Å²) < 4.78 is 7.91. The average Bonchev–Trinajstić information content (AvgIpc) is 3.81. The molecule has 0 unspecified atom stereocenters. The minimum absolute atomic E-state index is 0. The van der Waals surface area contributed by atoms with Crippen molar-refractivity contribution < 1.29 is 30.6 Å². The number of phenols is 1. The molecule has 3 heterocycles. The predicted molar refractivity (Wildman–Crippen MR) is 239 cm³/mol. The van der Waals surface area contributed by atoms with Gasteiger partial charge in [-0.2, -0.15) is 0 Å². The first-order valence-corrected chi connectivity index (χ1v) is 20.3. The van der Waals surface area contributed by atoms with E-state index in [2.05, 4.69) is 169 Å². The maximum Gasteiger partial charge on any atom is 0.129 e. The number of furan rings is 1. The largest absolute Gasteiger partial charge is 0.507 e. The number of hydrogen-bond donors (Lipinski definition) is 1. The SMILES string of the molecule is CC(C)(C)c1cc(-c2nc3c(-c4[c-]c(-c5cc(-c6ccccc6)ccn5)cc5c4oc4cc6ccc7ccccc7c6cc45)cccc3s2)c(O)c(C(C)(C)C)c1.[Pt]. The third-order valence-electron chi connectivity index (χ3n) is 11.2. The molecule has 58 heavy (non-hydrogen) atoms. The number of hydrogen-bond acceptors (Lipinski definition) is 5. The molecule has 0 atom stereocenters. The summed E-state index contributed by atoms with van der Waals surface area (Å²) in [7, 11) is 0. The van der Waals surface area contributed by atoms with Crippen molar-refractivity contribution in [3.8, 4) is 49.8 Å². The van der Waals surface area contributed by atoms with Crippen molar-refractivity contribution in [1.82, 2.24) is 9.97 Å². The van der Waals surface area contributed by atoms with Gasteiger partial charge in [0.1, 0.15) is 16.3 Å². The van der Waals surface area contributed by atoms with Crippen LogP contribution in [-0.2, 0) is 31.9 Å². The molecule has 0 aliphatic carbocycles. The van der Waals surface area contributed by atoms with E-state index >= 15 is 0 Å². The van der Waals surface area contributed by atoms with Gasteiger partial charge >= 0.3 is 0 Å². The number of aromatic hydroxyl groups is 1. The van der Waals surface area contributed by atoms with E-state index < -0.39 is 0 Å². The van der Waals surface area contributed by atoms with Gasteiger partial charge in [0.2, 0.25) is 0 Å². The first kappa shape index (κ1) is 37.9. The molecule has 0 amide bonds. The van der Waals surface area contributed by atoms with Gasteiger partial charge in [-0.25, -0.2) is 4.98 Å². The summed E-state index contributed by atoms with van der Waals surface area (Å²) in [6.07, 6.45) is 1.87. The molecule has 0 spiro atoms. The zero-order valence-electron chi connectivity index (χ0n) is 33.2. The Morgan fingerprint density at radius 3 is 2.21 bits per heavy atom. The van der Waals surface area contributed by atoms with Crippen LogP contribution >= 0.6 is 11.3 Å². The molecule has 0 saturated heterocycles. The monoisotopic (exact) mass is 952 g/mol. The van der Waals surface area contributed by atoms with Crippen LogP contribution in [0.4, 0.5) is 0 Å². The number of aromatic nitrogens is 2. The fourth-order valence-electron chi connectivity index (χ4n) is 8.10. The standard InChI is InChI=1S/C52H41N2O2S.Pt/c1-51(2,3)35-27-42(48(55)43(28-35)52(4,5)6)50-54-47-37(17-12-18-46(47)57-50)40-23-34(44-25-32(21-22-53-44)30-13-8-7-9-14-30)24-41-39-29-38-33(26-45(39)56-49(40)41)20-19-31-15-10-11-16-36(31)38;/h7-22,24-29,55H,1-6H3;/q-1;. The van der Waals surface area contributed by atoms with Gasteiger partial charge in [0, 0.05) is 48.6 Å². The van der Waals surface area contributed by atoms with Crippen molar-refractivity contribution in [3.05, 3.63) is 151 Å². The summed E-state index contributed by atoms with van der Waals surface area (Å²) in [5.41, 5.74) is 10.5.